The predicted molar refractivity (Wildman–Crippen MR) is 44.4 cm³/mol. The van der Waals surface area contributed by atoms with Crippen molar-refractivity contribution in [2.45, 2.75) is 6.61 Å². The van der Waals surface area contributed by atoms with E-state index in [-0.39, 0.29) is 6.61 Å². The van der Waals surface area contributed by atoms with Gasteiger partial charge in [0.15, 0.2) is 5.75 Å². The first-order valence-electron chi connectivity index (χ1n) is 3.07. The SMILES string of the molecule is COc1cc(CO)cnc1Br. The van der Waals surface area contributed by atoms with Crippen molar-refractivity contribution in [3.8, 4) is 5.75 Å². The summed E-state index contributed by atoms with van der Waals surface area (Å²) >= 11 is 3.20. The molecule has 0 saturated heterocycles. The fraction of sp³-hybridized carbons (Fsp3) is 0.286. The third-order valence-corrected chi connectivity index (χ3v) is 1.86. The minimum absolute atomic E-state index is 0.0172. The zero-order valence-corrected chi connectivity index (χ0v) is 7.63. The molecular weight excluding hydrogens is 210 g/mol. The summed E-state index contributed by atoms with van der Waals surface area (Å²) in [4.78, 5) is 3.95. The summed E-state index contributed by atoms with van der Waals surface area (Å²) in [7, 11) is 1.56. The van der Waals surface area contributed by atoms with Crippen LogP contribution in [0.15, 0.2) is 16.9 Å². The maximum Gasteiger partial charge on any atom is 0.151 e. The maximum absolute atomic E-state index is 8.74. The van der Waals surface area contributed by atoms with E-state index in [0.29, 0.717) is 10.4 Å². The van der Waals surface area contributed by atoms with Gasteiger partial charge in [0.2, 0.25) is 0 Å². The molecule has 1 aromatic rings. The molecule has 1 rings (SSSR count). The molecule has 0 fully saturated rings. The molecule has 0 amide bonds. The molecule has 0 aromatic carbocycles. The second-order valence-corrected chi connectivity index (χ2v) is 2.75. The smallest absolute Gasteiger partial charge is 0.151 e. The quantitative estimate of drug-likeness (QED) is 0.761. The van der Waals surface area contributed by atoms with E-state index < -0.39 is 0 Å². The Balaban J connectivity index is 3.02. The van der Waals surface area contributed by atoms with Crippen molar-refractivity contribution in [3.05, 3.63) is 22.4 Å². The number of ether oxygens (including phenoxy) is 1. The number of nitrogens with zero attached hydrogens (tertiary/aromatic N) is 1. The Labute approximate surface area is 73.2 Å². The highest BCUT2D eigenvalue weighted by molar-refractivity contribution is 9.10. The number of hydrogen-bond donors (Lipinski definition) is 1. The molecule has 0 saturated carbocycles. The number of pyridine rings is 1. The van der Waals surface area contributed by atoms with Gasteiger partial charge in [0.05, 0.1) is 13.7 Å². The number of methoxy groups -OCH3 is 1. The van der Waals surface area contributed by atoms with Crippen molar-refractivity contribution < 1.29 is 9.84 Å². The highest BCUT2D eigenvalue weighted by atomic mass is 79.9. The van der Waals surface area contributed by atoms with Gasteiger partial charge in [-0.1, -0.05) is 0 Å². The summed E-state index contributed by atoms with van der Waals surface area (Å²) in [6.45, 7) is -0.0172. The lowest BCUT2D eigenvalue weighted by atomic mass is 10.3. The Kier molecular flexibility index (Phi) is 2.84. The third kappa shape index (κ3) is 1.91. The number of halogens is 1. The molecule has 0 radical (unpaired) electrons. The van der Waals surface area contributed by atoms with Crippen molar-refractivity contribution in [2.75, 3.05) is 7.11 Å². The molecule has 1 heterocycles. The zero-order chi connectivity index (χ0) is 8.27. The van der Waals surface area contributed by atoms with Gasteiger partial charge in [0.1, 0.15) is 4.60 Å². The Morgan fingerprint density at radius 1 is 1.73 bits per heavy atom. The van der Waals surface area contributed by atoms with Gasteiger partial charge in [0, 0.05) is 6.20 Å². The van der Waals surface area contributed by atoms with E-state index in [1.54, 1.807) is 19.4 Å². The predicted octanol–water partition coefficient (Wildman–Crippen LogP) is 1.34. The number of rotatable bonds is 2. The Bertz CT molecular complexity index is 252. The lowest BCUT2D eigenvalue weighted by Crippen LogP contribution is -1.90. The highest BCUT2D eigenvalue weighted by Crippen LogP contribution is 2.22. The summed E-state index contributed by atoms with van der Waals surface area (Å²) in [6, 6.07) is 1.73. The third-order valence-electron chi connectivity index (χ3n) is 1.27. The minimum atomic E-state index is -0.0172. The largest absolute Gasteiger partial charge is 0.494 e. The van der Waals surface area contributed by atoms with Gasteiger partial charge < -0.3 is 9.84 Å². The number of hydrogen-bond acceptors (Lipinski definition) is 3. The average molecular weight is 218 g/mol. The van der Waals surface area contributed by atoms with Crippen molar-refractivity contribution in [2.24, 2.45) is 0 Å². The van der Waals surface area contributed by atoms with E-state index >= 15 is 0 Å². The fourth-order valence-corrected chi connectivity index (χ4v) is 1.08. The molecule has 3 nitrogen and oxygen atoms in total. The summed E-state index contributed by atoms with van der Waals surface area (Å²) in [5, 5.41) is 8.74. The molecule has 1 N–H and O–H groups in total. The summed E-state index contributed by atoms with van der Waals surface area (Å²) in [5.41, 5.74) is 0.741. The molecule has 11 heavy (non-hydrogen) atoms. The lowest BCUT2D eigenvalue weighted by Gasteiger charge is -2.02. The lowest BCUT2D eigenvalue weighted by molar-refractivity contribution is 0.280. The van der Waals surface area contributed by atoms with E-state index in [1.807, 2.05) is 0 Å². The van der Waals surface area contributed by atoms with Crippen LogP contribution in [0.5, 0.6) is 5.75 Å². The van der Waals surface area contributed by atoms with Crippen LogP contribution < -0.4 is 4.74 Å². The first-order valence-corrected chi connectivity index (χ1v) is 3.86. The number of aliphatic hydroxyl groups excluding tert-OH is 1. The topological polar surface area (TPSA) is 42.4 Å². The molecule has 0 aliphatic rings. The molecule has 0 unspecified atom stereocenters. The summed E-state index contributed by atoms with van der Waals surface area (Å²) < 4.78 is 5.62. The van der Waals surface area contributed by atoms with Crippen LogP contribution in [0.25, 0.3) is 0 Å². The van der Waals surface area contributed by atoms with Crippen LogP contribution in [0.3, 0.4) is 0 Å². The normalized spacial score (nSPS) is 9.73. The number of aliphatic hydroxyl groups is 1. The molecule has 1 aromatic heterocycles. The second-order valence-electron chi connectivity index (χ2n) is 1.99. The number of aromatic nitrogens is 1. The van der Waals surface area contributed by atoms with Crippen molar-refractivity contribution in [1.29, 1.82) is 0 Å². The van der Waals surface area contributed by atoms with Crippen LogP contribution >= 0.6 is 15.9 Å². The van der Waals surface area contributed by atoms with Crippen LogP contribution in [0.2, 0.25) is 0 Å². The minimum Gasteiger partial charge on any atom is -0.494 e. The van der Waals surface area contributed by atoms with Crippen molar-refractivity contribution in [3.63, 3.8) is 0 Å². The molecule has 0 atom stereocenters. The molecule has 60 valence electrons. The first kappa shape index (κ1) is 8.49. The van der Waals surface area contributed by atoms with Gasteiger partial charge in [0.25, 0.3) is 0 Å². The van der Waals surface area contributed by atoms with Crippen molar-refractivity contribution >= 4 is 15.9 Å². The Hall–Kier alpha value is -0.610. The van der Waals surface area contributed by atoms with Gasteiger partial charge in [-0.15, -0.1) is 0 Å². The van der Waals surface area contributed by atoms with Crippen LogP contribution in [-0.2, 0) is 6.61 Å². The van der Waals surface area contributed by atoms with Gasteiger partial charge in [-0.2, -0.15) is 0 Å². The van der Waals surface area contributed by atoms with E-state index in [2.05, 4.69) is 20.9 Å². The highest BCUT2D eigenvalue weighted by Gasteiger charge is 2.00. The monoisotopic (exact) mass is 217 g/mol. The van der Waals surface area contributed by atoms with Crippen LogP contribution in [0.1, 0.15) is 5.56 Å². The summed E-state index contributed by atoms with van der Waals surface area (Å²) in [6.07, 6.45) is 1.59. The van der Waals surface area contributed by atoms with Gasteiger partial charge >= 0.3 is 0 Å². The van der Waals surface area contributed by atoms with Gasteiger partial charge in [-0.05, 0) is 27.6 Å². The average Bonchev–Trinajstić information content (AvgIpc) is 2.05. The van der Waals surface area contributed by atoms with E-state index in [0.717, 1.165) is 5.56 Å². The van der Waals surface area contributed by atoms with E-state index in [9.17, 15) is 0 Å². The Morgan fingerprint density at radius 2 is 2.45 bits per heavy atom. The van der Waals surface area contributed by atoms with E-state index in [4.69, 9.17) is 9.84 Å². The van der Waals surface area contributed by atoms with Crippen LogP contribution in [0, 0.1) is 0 Å². The standard InChI is InChI=1S/C7H8BrNO2/c1-11-6-2-5(4-10)3-9-7(6)8/h2-3,10H,4H2,1H3. The van der Waals surface area contributed by atoms with Crippen molar-refractivity contribution in [1.82, 2.24) is 4.98 Å². The maximum atomic E-state index is 8.74. The second kappa shape index (κ2) is 3.69. The van der Waals surface area contributed by atoms with Crippen LogP contribution in [0.4, 0.5) is 0 Å². The van der Waals surface area contributed by atoms with Gasteiger partial charge in [-0.25, -0.2) is 4.98 Å². The molecule has 0 spiro atoms. The van der Waals surface area contributed by atoms with Crippen LogP contribution in [-0.4, -0.2) is 17.2 Å². The molecule has 4 heteroatoms. The Morgan fingerprint density at radius 3 is 3.00 bits per heavy atom. The molecule has 0 bridgehead atoms. The van der Waals surface area contributed by atoms with E-state index in [1.165, 1.54) is 0 Å². The first-order chi connectivity index (χ1) is 5.27. The zero-order valence-electron chi connectivity index (χ0n) is 6.04. The fourth-order valence-electron chi connectivity index (χ4n) is 0.698. The molecule has 0 aliphatic carbocycles. The van der Waals surface area contributed by atoms with Gasteiger partial charge in [-0.3, -0.25) is 0 Å². The molecular formula is C7H8BrNO2. The summed E-state index contributed by atoms with van der Waals surface area (Å²) in [5.74, 6) is 0.636. The molecule has 0 aliphatic heterocycles.